The fraction of sp³-hybridized carbons (Fsp3) is 0.471. The average molecular weight is 333 g/mol. The molecular weight excluding hydrogens is 312 g/mol. The molecule has 24 heavy (non-hydrogen) atoms. The van der Waals surface area contributed by atoms with E-state index in [-0.39, 0.29) is 12.3 Å². The number of benzene rings is 1. The van der Waals surface area contributed by atoms with Crippen LogP contribution in [-0.4, -0.2) is 24.9 Å². The number of carboxylic acid groups (broad SMARTS) is 1. The Morgan fingerprint density at radius 3 is 2.29 bits per heavy atom. The third-order valence-electron chi connectivity index (χ3n) is 4.25. The number of methoxy groups -OCH3 is 1. The van der Waals surface area contributed by atoms with Crippen molar-refractivity contribution in [1.29, 1.82) is 0 Å². The van der Waals surface area contributed by atoms with E-state index in [1.165, 1.54) is 0 Å². The second-order valence-electron chi connectivity index (χ2n) is 5.88. The van der Waals surface area contributed by atoms with Crippen molar-refractivity contribution in [3.05, 3.63) is 29.8 Å². The van der Waals surface area contributed by atoms with Gasteiger partial charge in [-0.15, -0.1) is 0 Å². The summed E-state index contributed by atoms with van der Waals surface area (Å²) in [5.41, 5.74) is 5.43. The monoisotopic (exact) mass is 333 g/mol. The second-order valence-corrected chi connectivity index (χ2v) is 5.88. The van der Waals surface area contributed by atoms with Gasteiger partial charge in [-0.25, -0.2) is 0 Å². The van der Waals surface area contributed by atoms with Crippen LogP contribution in [0.25, 0.3) is 0 Å². The first-order chi connectivity index (χ1) is 11.5. The first-order valence-corrected chi connectivity index (χ1v) is 7.93. The third-order valence-corrected chi connectivity index (χ3v) is 4.25. The molecule has 7 nitrogen and oxygen atoms in total. The highest BCUT2D eigenvalue weighted by Gasteiger charge is 2.31. The number of nitrogens with one attached hydrogen (secondary N) is 2. The van der Waals surface area contributed by atoms with Crippen LogP contribution in [0.4, 0.5) is 0 Å². The van der Waals surface area contributed by atoms with Gasteiger partial charge in [0.2, 0.25) is 11.8 Å². The molecule has 2 atom stereocenters. The van der Waals surface area contributed by atoms with E-state index in [9.17, 15) is 19.5 Å². The van der Waals surface area contributed by atoms with Gasteiger partial charge in [-0.2, -0.15) is 0 Å². The van der Waals surface area contributed by atoms with E-state index in [1.807, 2.05) is 0 Å². The zero-order valence-electron chi connectivity index (χ0n) is 13.5. The van der Waals surface area contributed by atoms with Crippen LogP contribution in [0.5, 0.6) is 5.75 Å². The van der Waals surface area contributed by atoms with Crippen LogP contribution >= 0.6 is 0 Å². The van der Waals surface area contributed by atoms with E-state index < -0.39 is 23.7 Å². The summed E-state index contributed by atoms with van der Waals surface area (Å²) < 4.78 is 5.04. The van der Waals surface area contributed by atoms with Gasteiger partial charge in [0, 0.05) is 17.8 Å². The number of carbonyl (C=O) groups excluding carboxylic acids is 3. The van der Waals surface area contributed by atoms with Crippen molar-refractivity contribution in [2.75, 3.05) is 7.11 Å². The van der Waals surface area contributed by atoms with Crippen LogP contribution in [0, 0.1) is 11.8 Å². The van der Waals surface area contributed by atoms with Gasteiger partial charge in [-0.05, 0) is 30.5 Å². The Hall–Kier alpha value is -2.57. The van der Waals surface area contributed by atoms with Gasteiger partial charge < -0.3 is 14.6 Å². The van der Waals surface area contributed by atoms with Crippen LogP contribution in [0.15, 0.2) is 24.3 Å². The molecular formula is C17H21N2O5-. The van der Waals surface area contributed by atoms with E-state index in [2.05, 4.69) is 10.9 Å². The highest BCUT2D eigenvalue weighted by molar-refractivity contribution is 5.87. The molecule has 0 unspecified atom stereocenters. The van der Waals surface area contributed by atoms with Crippen molar-refractivity contribution in [3.8, 4) is 5.75 Å². The maximum Gasteiger partial charge on any atom is 0.242 e. The van der Waals surface area contributed by atoms with Gasteiger partial charge in [0.25, 0.3) is 0 Å². The van der Waals surface area contributed by atoms with Gasteiger partial charge in [0.15, 0.2) is 0 Å². The molecule has 1 aromatic rings. The molecule has 0 radical (unpaired) electrons. The molecule has 1 saturated carbocycles. The summed E-state index contributed by atoms with van der Waals surface area (Å²) in [6.07, 6.45) is 2.58. The fourth-order valence-electron chi connectivity index (χ4n) is 2.92. The number of ether oxygens (including phenoxy) is 1. The second kappa shape index (κ2) is 8.33. The minimum Gasteiger partial charge on any atom is -0.550 e. The number of carboxylic acids is 1. The van der Waals surface area contributed by atoms with E-state index in [1.54, 1.807) is 31.4 Å². The molecule has 2 amide bonds. The molecule has 1 aliphatic carbocycles. The Bertz CT molecular complexity index is 600. The molecule has 0 aliphatic heterocycles. The maximum atomic E-state index is 12.1. The summed E-state index contributed by atoms with van der Waals surface area (Å²) >= 11 is 0. The Balaban J connectivity index is 1.83. The number of hydrazine groups is 1. The van der Waals surface area contributed by atoms with Gasteiger partial charge >= 0.3 is 0 Å². The molecule has 1 aromatic carbocycles. The Kier molecular flexibility index (Phi) is 6.17. The molecule has 130 valence electrons. The van der Waals surface area contributed by atoms with Crippen LogP contribution in [0.2, 0.25) is 0 Å². The van der Waals surface area contributed by atoms with Crippen molar-refractivity contribution < 1.29 is 24.2 Å². The number of aliphatic carboxylic acids is 1. The maximum absolute atomic E-state index is 12.1. The zero-order valence-corrected chi connectivity index (χ0v) is 13.5. The molecule has 0 spiro atoms. The zero-order chi connectivity index (χ0) is 17.5. The molecule has 0 heterocycles. The highest BCUT2D eigenvalue weighted by atomic mass is 16.5. The predicted octanol–water partition coefficient (Wildman–Crippen LogP) is -0.0586. The summed E-state index contributed by atoms with van der Waals surface area (Å²) in [5, 5.41) is 11.1. The minimum absolute atomic E-state index is 0.0961. The summed E-state index contributed by atoms with van der Waals surface area (Å²) in [7, 11) is 1.56. The van der Waals surface area contributed by atoms with E-state index in [0.717, 1.165) is 18.4 Å². The quantitative estimate of drug-likeness (QED) is 0.734. The number of amides is 2. The lowest BCUT2D eigenvalue weighted by atomic mass is 9.79. The Labute approximate surface area is 140 Å². The lowest BCUT2D eigenvalue weighted by molar-refractivity contribution is -0.314. The van der Waals surface area contributed by atoms with Crippen molar-refractivity contribution >= 4 is 17.8 Å². The van der Waals surface area contributed by atoms with Crippen molar-refractivity contribution in [2.45, 2.75) is 32.1 Å². The first-order valence-electron chi connectivity index (χ1n) is 7.93. The summed E-state index contributed by atoms with van der Waals surface area (Å²) in [6, 6.07) is 7.00. The van der Waals surface area contributed by atoms with Gasteiger partial charge in [0.1, 0.15) is 5.75 Å². The molecule has 2 rings (SSSR count). The number of rotatable bonds is 5. The molecule has 7 heteroatoms. The lowest BCUT2D eigenvalue weighted by Gasteiger charge is -2.31. The molecule has 1 fully saturated rings. The normalized spacial score (nSPS) is 20.0. The summed E-state index contributed by atoms with van der Waals surface area (Å²) in [5.74, 6) is -2.83. The van der Waals surface area contributed by atoms with Crippen molar-refractivity contribution in [2.24, 2.45) is 11.8 Å². The molecule has 0 bridgehead atoms. The Morgan fingerprint density at radius 1 is 1.08 bits per heavy atom. The van der Waals surface area contributed by atoms with Crippen molar-refractivity contribution in [3.63, 3.8) is 0 Å². The summed E-state index contributed by atoms with van der Waals surface area (Å²) in [6.45, 7) is 0. The van der Waals surface area contributed by atoms with Gasteiger partial charge in [-0.3, -0.25) is 20.4 Å². The number of carbonyl (C=O) groups is 3. The number of hydrogen-bond acceptors (Lipinski definition) is 5. The van der Waals surface area contributed by atoms with Crippen LogP contribution in [0.1, 0.15) is 31.2 Å². The predicted molar refractivity (Wildman–Crippen MR) is 83.4 cm³/mol. The molecule has 0 saturated heterocycles. The van der Waals surface area contributed by atoms with Crippen LogP contribution in [-0.2, 0) is 20.8 Å². The van der Waals surface area contributed by atoms with Gasteiger partial charge in [0.05, 0.1) is 13.5 Å². The first kappa shape index (κ1) is 17.8. The van der Waals surface area contributed by atoms with Gasteiger partial charge in [-0.1, -0.05) is 25.0 Å². The molecule has 0 aromatic heterocycles. The van der Waals surface area contributed by atoms with Crippen LogP contribution < -0.4 is 20.7 Å². The van der Waals surface area contributed by atoms with E-state index in [4.69, 9.17) is 4.74 Å². The van der Waals surface area contributed by atoms with Crippen LogP contribution in [0.3, 0.4) is 0 Å². The summed E-state index contributed by atoms with van der Waals surface area (Å²) in [4.78, 5) is 35.1. The Morgan fingerprint density at radius 2 is 1.71 bits per heavy atom. The number of hydrogen-bond donors (Lipinski definition) is 2. The smallest absolute Gasteiger partial charge is 0.242 e. The van der Waals surface area contributed by atoms with E-state index in [0.29, 0.717) is 18.6 Å². The standard InChI is InChI=1S/C17H22N2O5/c1-24-12-8-6-11(7-9-12)10-15(20)18-19-16(21)13-4-2-3-5-14(13)17(22)23/h6-9,13-14H,2-5,10H2,1H3,(H,18,20)(H,19,21)(H,22,23)/p-1/t13-,14+/m1/s1. The van der Waals surface area contributed by atoms with E-state index >= 15 is 0 Å². The lowest BCUT2D eigenvalue weighted by Crippen LogP contribution is -2.50. The minimum atomic E-state index is -1.21. The van der Waals surface area contributed by atoms with Crippen molar-refractivity contribution in [1.82, 2.24) is 10.9 Å². The SMILES string of the molecule is COc1ccc(CC(=O)NNC(=O)[C@@H]2CCCC[C@@H]2C(=O)[O-])cc1. The topological polar surface area (TPSA) is 108 Å². The third kappa shape index (κ3) is 4.71. The molecule has 2 N–H and O–H groups in total. The fourth-order valence-corrected chi connectivity index (χ4v) is 2.92. The highest BCUT2D eigenvalue weighted by Crippen LogP contribution is 2.29. The average Bonchev–Trinajstić information content (AvgIpc) is 2.60. The largest absolute Gasteiger partial charge is 0.550 e. The molecule has 1 aliphatic rings.